The molecule has 144 valence electrons. The Morgan fingerprint density at radius 2 is 1.96 bits per heavy atom. The Balaban J connectivity index is 1.56. The van der Waals surface area contributed by atoms with Gasteiger partial charge in [0.2, 0.25) is 10.0 Å². The van der Waals surface area contributed by atoms with Gasteiger partial charge in [0.25, 0.3) is 5.91 Å². The summed E-state index contributed by atoms with van der Waals surface area (Å²) in [5.41, 5.74) is 0. The summed E-state index contributed by atoms with van der Waals surface area (Å²) < 4.78 is 27.0. The van der Waals surface area contributed by atoms with Crippen LogP contribution < -0.4 is 10.2 Å². The summed E-state index contributed by atoms with van der Waals surface area (Å²) in [5.74, 6) is 0.659. The third kappa shape index (κ3) is 4.51. The predicted octanol–water partition coefficient (Wildman–Crippen LogP) is 0.797. The number of halogens is 2. The maximum Gasteiger partial charge on any atom is 0.275 e. The van der Waals surface area contributed by atoms with E-state index in [-0.39, 0.29) is 26.9 Å². The van der Waals surface area contributed by atoms with Crippen molar-refractivity contribution < 1.29 is 18.1 Å². The average Bonchev–Trinajstić information content (AvgIpc) is 3.42. The molecular weight excluding hydrogens is 397 g/mol. The monoisotopic (exact) mass is 420 g/mol. The van der Waals surface area contributed by atoms with Crippen LogP contribution in [0.15, 0.2) is 23.1 Å². The number of piperazine rings is 1. The van der Waals surface area contributed by atoms with Crippen molar-refractivity contribution in [2.45, 2.75) is 30.7 Å². The van der Waals surface area contributed by atoms with Gasteiger partial charge in [0.05, 0.1) is 36.2 Å². The van der Waals surface area contributed by atoms with Crippen molar-refractivity contribution in [1.82, 2.24) is 9.62 Å². The molecule has 9 heteroatoms. The number of benzene rings is 1. The molecule has 2 N–H and O–H groups in total. The lowest BCUT2D eigenvalue weighted by atomic mass is 10.2. The van der Waals surface area contributed by atoms with Crippen LogP contribution in [0, 0.1) is 5.92 Å². The largest absolute Gasteiger partial charge is 0.348 e. The molecule has 1 saturated carbocycles. The molecule has 1 aliphatic heterocycles. The van der Waals surface area contributed by atoms with E-state index in [1.807, 2.05) is 6.92 Å². The molecule has 1 saturated heterocycles. The van der Waals surface area contributed by atoms with Gasteiger partial charge < -0.3 is 10.2 Å². The first-order valence-corrected chi connectivity index (χ1v) is 11.1. The molecule has 2 aliphatic rings. The Morgan fingerprint density at radius 1 is 1.31 bits per heavy atom. The third-order valence-electron chi connectivity index (χ3n) is 5.09. The molecular formula is C17H24Cl2N3O3S+. The van der Waals surface area contributed by atoms with Crippen LogP contribution in [0.25, 0.3) is 0 Å². The highest BCUT2D eigenvalue weighted by Crippen LogP contribution is 2.32. The van der Waals surface area contributed by atoms with Gasteiger partial charge in [-0.2, -0.15) is 4.31 Å². The fraction of sp³-hybridized carbons (Fsp3) is 0.588. The Morgan fingerprint density at radius 3 is 2.58 bits per heavy atom. The minimum Gasteiger partial charge on any atom is -0.348 e. The van der Waals surface area contributed by atoms with Crippen LogP contribution in [0.1, 0.15) is 19.8 Å². The van der Waals surface area contributed by atoms with Crippen LogP contribution in [0.2, 0.25) is 10.0 Å². The van der Waals surface area contributed by atoms with Gasteiger partial charge in [-0.05, 0) is 37.8 Å². The van der Waals surface area contributed by atoms with Crippen molar-refractivity contribution in [1.29, 1.82) is 0 Å². The van der Waals surface area contributed by atoms with E-state index in [1.54, 1.807) is 12.1 Å². The summed E-state index contributed by atoms with van der Waals surface area (Å²) in [6.07, 6.45) is 2.38. The first-order chi connectivity index (χ1) is 12.3. The first-order valence-electron chi connectivity index (χ1n) is 8.86. The van der Waals surface area contributed by atoms with Gasteiger partial charge >= 0.3 is 0 Å². The molecule has 3 rings (SSSR count). The summed E-state index contributed by atoms with van der Waals surface area (Å²) in [4.78, 5) is 13.3. The quantitative estimate of drug-likeness (QED) is 0.714. The molecule has 2 fully saturated rings. The van der Waals surface area contributed by atoms with Crippen LogP contribution in [-0.4, -0.2) is 57.4 Å². The molecule has 0 unspecified atom stereocenters. The second-order valence-corrected chi connectivity index (χ2v) is 9.77. The Kier molecular flexibility index (Phi) is 6.14. The van der Waals surface area contributed by atoms with Gasteiger partial charge in [-0.1, -0.05) is 29.3 Å². The number of nitrogens with zero attached hydrogens (tertiary/aromatic N) is 1. The Bertz CT molecular complexity index is 775. The van der Waals surface area contributed by atoms with Crippen molar-refractivity contribution in [3.05, 3.63) is 28.2 Å². The number of rotatable bonds is 6. The second kappa shape index (κ2) is 8.02. The topological polar surface area (TPSA) is 70.9 Å². The molecule has 0 bridgehead atoms. The number of carbonyl (C=O) groups is 1. The van der Waals surface area contributed by atoms with Gasteiger partial charge in [-0.25, -0.2) is 8.42 Å². The highest BCUT2D eigenvalue weighted by atomic mass is 35.5. The van der Waals surface area contributed by atoms with Crippen LogP contribution in [-0.2, 0) is 14.8 Å². The maximum absolute atomic E-state index is 12.8. The second-order valence-electron chi connectivity index (χ2n) is 7.08. The standard InChI is InChI=1S/C17H23Cl2N3O3S/c1-12(13-5-6-13)20-16(23)11-21-7-9-22(10-8-21)26(24,25)15-4-2-3-14(18)17(15)19/h2-4,12-13H,5-11H2,1H3,(H,20,23)/p+1/t12-/m0/s1. The van der Waals surface area contributed by atoms with Crippen molar-refractivity contribution in [2.24, 2.45) is 5.92 Å². The van der Waals surface area contributed by atoms with Crippen molar-refractivity contribution in [2.75, 3.05) is 32.7 Å². The lowest BCUT2D eigenvalue weighted by Crippen LogP contribution is -3.15. The molecule has 1 amide bonds. The zero-order chi connectivity index (χ0) is 18.9. The minimum absolute atomic E-state index is 0.0334. The van der Waals surface area contributed by atoms with E-state index in [0.717, 1.165) is 4.90 Å². The highest BCUT2D eigenvalue weighted by molar-refractivity contribution is 7.89. The summed E-state index contributed by atoms with van der Waals surface area (Å²) >= 11 is 12.0. The fourth-order valence-electron chi connectivity index (χ4n) is 3.29. The Hall–Kier alpha value is -0.860. The number of carbonyl (C=O) groups excluding carboxylic acids is 1. The molecule has 0 spiro atoms. The Labute approximate surface area is 164 Å². The summed E-state index contributed by atoms with van der Waals surface area (Å²) in [7, 11) is -3.69. The normalized spacial score (nSPS) is 20.7. The zero-order valence-electron chi connectivity index (χ0n) is 14.7. The van der Waals surface area contributed by atoms with Gasteiger partial charge in [-0.3, -0.25) is 4.79 Å². The number of hydrogen-bond donors (Lipinski definition) is 2. The number of hydrogen-bond acceptors (Lipinski definition) is 3. The van der Waals surface area contributed by atoms with Crippen molar-refractivity contribution in [3.8, 4) is 0 Å². The number of quaternary nitrogens is 1. The molecule has 1 atom stereocenters. The van der Waals surface area contributed by atoms with Crippen molar-refractivity contribution >= 4 is 39.1 Å². The number of nitrogens with one attached hydrogen (secondary N) is 2. The minimum atomic E-state index is -3.69. The highest BCUT2D eigenvalue weighted by Gasteiger charge is 2.34. The van der Waals surface area contributed by atoms with E-state index in [9.17, 15) is 13.2 Å². The van der Waals surface area contributed by atoms with Crippen LogP contribution in [0.4, 0.5) is 0 Å². The molecule has 1 aliphatic carbocycles. The van der Waals surface area contributed by atoms with E-state index in [4.69, 9.17) is 23.2 Å². The molecule has 1 heterocycles. The lowest BCUT2D eigenvalue weighted by molar-refractivity contribution is -0.895. The summed E-state index contributed by atoms with van der Waals surface area (Å²) in [5, 5.41) is 3.32. The smallest absolute Gasteiger partial charge is 0.275 e. The van der Waals surface area contributed by atoms with Gasteiger partial charge in [0, 0.05) is 6.04 Å². The van der Waals surface area contributed by atoms with Gasteiger partial charge in [0.15, 0.2) is 6.54 Å². The third-order valence-corrected chi connectivity index (χ3v) is 7.96. The number of amides is 1. The maximum atomic E-state index is 12.8. The SMILES string of the molecule is C[C@H](NC(=O)C[NH+]1CCN(S(=O)(=O)c2cccc(Cl)c2Cl)CC1)C1CC1. The predicted molar refractivity (Wildman–Crippen MR) is 101 cm³/mol. The summed E-state index contributed by atoms with van der Waals surface area (Å²) in [6, 6.07) is 4.84. The van der Waals surface area contributed by atoms with Crippen LogP contribution in [0.3, 0.4) is 0 Å². The molecule has 26 heavy (non-hydrogen) atoms. The van der Waals surface area contributed by atoms with E-state index in [1.165, 1.54) is 23.2 Å². The van der Waals surface area contributed by atoms with E-state index < -0.39 is 10.0 Å². The summed E-state index contributed by atoms with van der Waals surface area (Å²) in [6.45, 7) is 4.30. The van der Waals surface area contributed by atoms with E-state index in [0.29, 0.717) is 38.6 Å². The molecule has 6 nitrogen and oxygen atoms in total. The molecule has 1 aromatic rings. The number of sulfonamides is 1. The van der Waals surface area contributed by atoms with Crippen molar-refractivity contribution in [3.63, 3.8) is 0 Å². The zero-order valence-corrected chi connectivity index (χ0v) is 17.0. The van der Waals surface area contributed by atoms with Crippen LogP contribution >= 0.6 is 23.2 Å². The van der Waals surface area contributed by atoms with Gasteiger partial charge in [0.1, 0.15) is 4.90 Å². The fourth-order valence-corrected chi connectivity index (χ4v) is 5.47. The van der Waals surface area contributed by atoms with E-state index in [2.05, 4.69) is 5.32 Å². The lowest BCUT2D eigenvalue weighted by Gasteiger charge is -2.31. The molecule has 1 aromatic carbocycles. The van der Waals surface area contributed by atoms with Crippen LogP contribution in [0.5, 0.6) is 0 Å². The molecule has 0 aromatic heterocycles. The average molecular weight is 421 g/mol. The first kappa shape index (κ1) is 19.9. The van der Waals surface area contributed by atoms with Gasteiger partial charge in [-0.15, -0.1) is 0 Å². The van der Waals surface area contributed by atoms with E-state index >= 15 is 0 Å². The molecule has 0 radical (unpaired) electrons.